The first kappa shape index (κ1) is 28.6. The van der Waals surface area contributed by atoms with Crippen LogP contribution in [0.15, 0.2) is 115 Å². The Morgan fingerprint density at radius 1 is 0.738 bits per heavy atom. The van der Waals surface area contributed by atoms with Crippen LogP contribution in [0.2, 0.25) is 0 Å². The number of ketones is 1. The monoisotopic (exact) mass is 576 g/mol. The van der Waals surface area contributed by atoms with Crippen LogP contribution in [0, 0.1) is 0 Å². The van der Waals surface area contributed by atoms with Crippen molar-refractivity contribution in [3.8, 4) is 11.5 Å². The van der Waals surface area contributed by atoms with Crippen LogP contribution in [-0.4, -0.2) is 50.4 Å². The van der Waals surface area contributed by atoms with Crippen LogP contribution >= 0.6 is 0 Å². The van der Waals surface area contributed by atoms with Crippen molar-refractivity contribution >= 4 is 40.7 Å². The predicted octanol–water partition coefficient (Wildman–Crippen LogP) is 3.34. The highest BCUT2D eigenvalue weighted by Crippen LogP contribution is 2.25. The summed E-state index contributed by atoms with van der Waals surface area (Å²) in [6.45, 7) is 1.77. The quantitative estimate of drug-likeness (QED) is 0.104. The lowest BCUT2D eigenvalue weighted by molar-refractivity contribution is 0.0512. The molecule has 4 aromatic carbocycles. The standard InChI is InChI=1S/C34H32N2O5Si/c1-4-41-34(38)30-23-33(35-36(30)24-31(37)29-21-20-25(39-2)22-32(29)40-3)42(26-14-8-5-9-15-26,27-16-10-6-11-17-27)28-18-12-7-13-19-28/h5-23H,4,24H2,1-3H3. The number of nitrogens with zero attached hydrogens (tertiary/aromatic N) is 2. The van der Waals surface area contributed by atoms with Crippen molar-refractivity contribution in [2.75, 3.05) is 20.8 Å². The third-order valence-electron chi connectivity index (χ3n) is 7.27. The number of benzene rings is 4. The average Bonchev–Trinajstić information content (AvgIpc) is 3.46. The topological polar surface area (TPSA) is 79.7 Å². The summed E-state index contributed by atoms with van der Waals surface area (Å²) >= 11 is 0. The maximum absolute atomic E-state index is 13.7. The van der Waals surface area contributed by atoms with Gasteiger partial charge in [0, 0.05) is 6.07 Å². The SMILES string of the molecule is CCOC(=O)c1cc([Si](c2ccccc2)(c2ccccc2)c2ccccc2)nn1CC(=O)c1ccc(OC)cc1OC. The first-order valence-corrected chi connectivity index (χ1v) is 15.7. The second-order valence-electron chi connectivity index (χ2n) is 9.63. The Morgan fingerprint density at radius 3 is 1.76 bits per heavy atom. The molecule has 212 valence electrons. The van der Waals surface area contributed by atoms with Crippen LogP contribution in [0.1, 0.15) is 27.8 Å². The summed E-state index contributed by atoms with van der Waals surface area (Å²) in [5.41, 5.74) is 0.579. The van der Waals surface area contributed by atoms with Gasteiger partial charge in [-0.05, 0) is 40.7 Å². The molecule has 0 spiro atoms. The minimum absolute atomic E-state index is 0.181. The smallest absolute Gasteiger partial charge is 0.356 e. The first-order valence-electron chi connectivity index (χ1n) is 13.7. The number of hydrogen-bond acceptors (Lipinski definition) is 6. The molecule has 0 amide bonds. The van der Waals surface area contributed by atoms with Crippen LogP contribution in [0.25, 0.3) is 0 Å². The first-order chi connectivity index (χ1) is 20.5. The van der Waals surface area contributed by atoms with Crippen LogP contribution in [-0.2, 0) is 11.3 Å². The van der Waals surface area contributed by atoms with E-state index in [4.69, 9.17) is 19.3 Å². The van der Waals surface area contributed by atoms with Gasteiger partial charge in [-0.3, -0.25) is 9.48 Å². The molecule has 0 N–H and O–H groups in total. The molecular weight excluding hydrogens is 544 g/mol. The Bertz CT molecular complexity index is 1570. The molecule has 0 aliphatic carbocycles. The number of methoxy groups -OCH3 is 2. The molecule has 0 aliphatic rings. The van der Waals surface area contributed by atoms with Gasteiger partial charge >= 0.3 is 5.97 Å². The lowest BCUT2D eigenvalue weighted by Gasteiger charge is -2.32. The van der Waals surface area contributed by atoms with Crippen molar-refractivity contribution in [1.29, 1.82) is 0 Å². The number of aromatic nitrogens is 2. The van der Waals surface area contributed by atoms with E-state index in [9.17, 15) is 9.59 Å². The lowest BCUT2D eigenvalue weighted by atomic mass is 10.1. The summed E-state index contributed by atoms with van der Waals surface area (Å²) in [4.78, 5) is 27.0. The molecule has 0 saturated carbocycles. The van der Waals surface area contributed by atoms with Crippen LogP contribution in [0.5, 0.6) is 11.5 Å². The van der Waals surface area contributed by atoms with Crippen molar-refractivity contribution in [1.82, 2.24) is 9.78 Å². The van der Waals surface area contributed by atoms with Gasteiger partial charge in [-0.15, -0.1) is 0 Å². The highest BCUT2D eigenvalue weighted by atomic mass is 28.3. The van der Waals surface area contributed by atoms with Gasteiger partial charge < -0.3 is 14.2 Å². The molecule has 0 aliphatic heterocycles. The van der Waals surface area contributed by atoms with E-state index < -0.39 is 14.0 Å². The van der Waals surface area contributed by atoms with Crippen molar-refractivity contribution in [2.24, 2.45) is 0 Å². The average molecular weight is 577 g/mol. The van der Waals surface area contributed by atoms with Gasteiger partial charge in [-0.2, -0.15) is 5.10 Å². The molecule has 5 aromatic rings. The fourth-order valence-electron chi connectivity index (χ4n) is 5.35. The molecule has 0 bridgehead atoms. The summed E-state index contributed by atoms with van der Waals surface area (Å²) in [5.74, 6) is 0.149. The number of carbonyl (C=O) groups excluding carboxylic acids is 2. The maximum atomic E-state index is 13.7. The van der Waals surface area contributed by atoms with Gasteiger partial charge in [0.15, 0.2) is 5.78 Å². The third-order valence-corrected chi connectivity index (χ3v) is 11.9. The van der Waals surface area contributed by atoms with Crippen molar-refractivity contribution in [3.05, 3.63) is 127 Å². The number of esters is 1. The molecule has 8 heteroatoms. The molecule has 5 rings (SSSR count). The van der Waals surface area contributed by atoms with Gasteiger partial charge in [-0.25, -0.2) is 4.79 Å². The Balaban J connectivity index is 1.73. The fraction of sp³-hybridized carbons (Fsp3) is 0.147. The normalized spacial score (nSPS) is 11.1. The Labute approximate surface area is 246 Å². The molecule has 1 aromatic heterocycles. The summed E-state index contributed by atoms with van der Waals surface area (Å²) in [7, 11) is 0.0202. The summed E-state index contributed by atoms with van der Waals surface area (Å²) < 4.78 is 17.7. The number of hydrogen-bond donors (Lipinski definition) is 0. The van der Waals surface area contributed by atoms with Gasteiger partial charge in [-0.1, -0.05) is 91.0 Å². The zero-order valence-corrected chi connectivity index (χ0v) is 24.8. The molecule has 0 atom stereocenters. The molecular formula is C34H32N2O5Si. The zero-order chi connectivity index (χ0) is 29.5. The summed E-state index contributed by atoms with van der Waals surface area (Å²) in [6, 6.07) is 37.6. The van der Waals surface area contributed by atoms with E-state index >= 15 is 0 Å². The molecule has 0 fully saturated rings. The van der Waals surface area contributed by atoms with E-state index in [1.54, 1.807) is 38.3 Å². The Morgan fingerprint density at radius 2 is 1.29 bits per heavy atom. The van der Waals surface area contributed by atoms with Crippen LogP contribution in [0.3, 0.4) is 0 Å². The van der Waals surface area contributed by atoms with Crippen molar-refractivity contribution in [3.63, 3.8) is 0 Å². The van der Waals surface area contributed by atoms with Crippen molar-refractivity contribution < 1.29 is 23.8 Å². The van der Waals surface area contributed by atoms with Gasteiger partial charge in [0.1, 0.15) is 23.7 Å². The van der Waals surface area contributed by atoms with E-state index in [0.717, 1.165) is 20.9 Å². The van der Waals surface area contributed by atoms with Crippen LogP contribution in [0.4, 0.5) is 0 Å². The highest BCUT2D eigenvalue weighted by molar-refractivity contribution is 7.19. The van der Waals surface area contributed by atoms with Crippen molar-refractivity contribution in [2.45, 2.75) is 13.5 Å². The van der Waals surface area contributed by atoms with E-state index in [-0.39, 0.29) is 24.6 Å². The van der Waals surface area contributed by atoms with Gasteiger partial charge in [0.05, 0.1) is 31.7 Å². The number of carbonyl (C=O) groups is 2. The highest BCUT2D eigenvalue weighted by Gasteiger charge is 2.44. The van der Waals surface area contributed by atoms with E-state index in [1.807, 2.05) is 54.6 Å². The molecule has 0 saturated heterocycles. The molecule has 42 heavy (non-hydrogen) atoms. The Hall–Kier alpha value is -4.95. The van der Waals surface area contributed by atoms with Gasteiger partial charge in [0.2, 0.25) is 8.07 Å². The number of Topliss-reactive ketones (excluding diaryl/α,β-unsaturated/α-hetero) is 1. The summed E-state index contributed by atoms with van der Waals surface area (Å²) in [6.07, 6.45) is 0. The second kappa shape index (κ2) is 12.7. The minimum Gasteiger partial charge on any atom is -0.497 e. The number of rotatable bonds is 11. The minimum atomic E-state index is -3.03. The summed E-state index contributed by atoms with van der Waals surface area (Å²) in [5, 5.41) is 9.09. The third kappa shape index (κ3) is 5.36. The fourth-order valence-corrected chi connectivity index (χ4v) is 9.94. The van der Waals surface area contributed by atoms with Crippen LogP contribution < -0.4 is 30.4 Å². The zero-order valence-electron chi connectivity index (χ0n) is 23.8. The van der Waals surface area contributed by atoms with E-state index in [2.05, 4.69) is 36.4 Å². The predicted molar refractivity (Wildman–Crippen MR) is 166 cm³/mol. The number of ether oxygens (including phenoxy) is 3. The second-order valence-corrected chi connectivity index (χ2v) is 13.4. The largest absolute Gasteiger partial charge is 0.497 e. The molecule has 0 unspecified atom stereocenters. The maximum Gasteiger partial charge on any atom is 0.356 e. The lowest BCUT2D eigenvalue weighted by Crippen LogP contribution is -2.75. The van der Waals surface area contributed by atoms with E-state index in [1.165, 1.54) is 11.8 Å². The molecule has 0 radical (unpaired) electrons. The molecule has 7 nitrogen and oxygen atoms in total. The van der Waals surface area contributed by atoms with E-state index in [0.29, 0.717) is 17.1 Å². The van der Waals surface area contributed by atoms with Gasteiger partial charge in [0.25, 0.3) is 0 Å². The Kier molecular flexibility index (Phi) is 8.64. The molecule has 1 heterocycles.